The molecule has 4 saturated carbocycles. The van der Waals surface area contributed by atoms with Crippen molar-refractivity contribution in [2.24, 2.45) is 35.3 Å². The Labute approximate surface area is 128 Å². The van der Waals surface area contributed by atoms with Gasteiger partial charge in [0.25, 0.3) is 0 Å². The summed E-state index contributed by atoms with van der Waals surface area (Å²) in [5, 5.41) is 0. The van der Waals surface area contributed by atoms with Crippen molar-refractivity contribution in [1.82, 2.24) is 0 Å². The minimum Gasteiger partial charge on any atom is -0.327 e. The molecule has 5 aliphatic carbocycles. The van der Waals surface area contributed by atoms with Gasteiger partial charge in [-0.25, -0.2) is 0 Å². The molecule has 0 aromatic heterocycles. The van der Waals surface area contributed by atoms with Crippen LogP contribution in [-0.4, -0.2) is 6.04 Å². The first kappa shape index (κ1) is 12.7. The van der Waals surface area contributed by atoms with Crippen molar-refractivity contribution in [3.8, 4) is 0 Å². The monoisotopic (exact) mass is 281 g/mol. The Morgan fingerprint density at radius 3 is 2.29 bits per heavy atom. The van der Waals surface area contributed by atoms with Crippen LogP contribution in [0, 0.1) is 29.6 Å². The molecule has 0 amide bonds. The highest BCUT2D eigenvalue weighted by molar-refractivity contribution is 5.40. The van der Waals surface area contributed by atoms with Gasteiger partial charge in [0.05, 0.1) is 0 Å². The number of hydrogen-bond donors (Lipinski definition) is 1. The van der Waals surface area contributed by atoms with Crippen molar-refractivity contribution < 1.29 is 0 Å². The molecule has 2 atom stereocenters. The molecule has 4 fully saturated rings. The molecule has 4 bridgehead atoms. The molecule has 2 N–H and O–H groups in total. The molecule has 2 unspecified atom stereocenters. The van der Waals surface area contributed by atoms with Gasteiger partial charge in [-0.2, -0.15) is 0 Å². The molecule has 1 nitrogen and oxygen atoms in total. The maximum Gasteiger partial charge on any atom is 0.00784 e. The van der Waals surface area contributed by atoms with Gasteiger partial charge in [-0.05, 0) is 91.6 Å². The van der Waals surface area contributed by atoms with E-state index in [1.807, 2.05) is 0 Å². The highest BCUT2D eigenvalue weighted by Gasteiger charge is 2.50. The molecule has 1 aromatic rings. The minimum atomic E-state index is 0.457. The fourth-order valence-corrected chi connectivity index (χ4v) is 6.73. The van der Waals surface area contributed by atoms with Gasteiger partial charge in [0, 0.05) is 6.04 Å². The highest BCUT2D eigenvalue weighted by Crippen LogP contribution is 2.58. The lowest BCUT2D eigenvalue weighted by atomic mass is 9.50. The predicted molar refractivity (Wildman–Crippen MR) is 86.0 cm³/mol. The summed E-state index contributed by atoms with van der Waals surface area (Å²) in [6, 6.07) is 9.44. The number of fused-ring (bicyclic) bond motifs is 1. The zero-order valence-corrected chi connectivity index (χ0v) is 12.9. The van der Waals surface area contributed by atoms with Gasteiger partial charge in [-0.15, -0.1) is 0 Å². The van der Waals surface area contributed by atoms with Gasteiger partial charge in [0.15, 0.2) is 0 Å². The Morgan fingerprint density at radius 1 is 0.952 bits per heavy atom. The van der Waals surface area contributed by atoms with Crippen molar-refractivity contribution in [2.45, 2.75) is 56.9 Å². The van der Waals surface area contributed by atoms with Crippen LogP contribution in [0.5, 0.6) is 0 Å². The molecule has 0 radical (unpaired) electrons. The van der Waals surface area contributed by atoms with Gasteiger partial charge in [-0.3, -0.25) is 0 Å². The molecular weight excluding hydrogens is 254 g/mol. The fraction of sp³-hybridized carbons (Fsp3) is 0.700. The summed E-state index contributed by atoms with van der Waals surface area (Å²) < 4.78 is 0. The Balaban J connectivity index is 1.31. The Hall–Kier alpha value is -0.820. The lowest BCUT2D eigenvalue weighted by Crippen LogP contribution is -2.52. The van der Waals surface area contributed by atoms with Gasteiger partial charge >= 0.3 is 0 Å². The van der Waals surface area contributed by atoms with Crippen molar-refractivity contribution in [1.29, 1.82) is 0 Å². The lowest BCUT2D eigenvalue weighted by Gasteiger charge is -2.56. The van der Waals surface area contributed by atoms with Gasteiger partial charge in [0.2, 0.25) is 0 Å². The zero-order valence-electron chi connectivity index (χ0n) is 12.9. The van der Waals surface area contributed by atoms with E-state index in [2.05, 4.69) is 24.3 Å². The van der Waals surface area contributed by atoms with E-state index in [0.29, 0.717) is 6.04 Å². The smallest absolute Gasteiger partial charge is 0.00784 e. The molecule has 0 heterocycles. The second-order valence-corrected chi connectivity index (χ2v) is 8.51. The average molecular weight is 281 g/mol. The maximum absolute atomic E-state index is 6.77. The molecule has 1 heteroatoms. The van der Waals surface area contributed by atoms with Crippen LogP contribution in [0.2, 0.25) is 0 Å². The van der Waals surface area contributed by atoms with E-state index < -0.39 is 0 Å². The molecule has 0 saturated heterocycles. The summed E-state index contributed by atoms with van der Waals surface area (Å²) in [5.41, 5.74) is 9.93. The first-order valence-corrected chi connectivity index (χ1v) is 9.11. The minimum absolute atomic E-state index is 0.457. The quantitative estimate of drug-likeness (QED) is 0.886. The van der Waals surface area contributed by atoms with E-state index in [9.17, 15) is 0 Å². The standard InChI is InChI=1S/C20H27N/c21-19(11-15-10-14-3-1-2-4-18(14)15)20-16-6-12-5-13(8-16)9-17(20)7-12/h1-4,12-13,15-17,19-20H,5-11,21H2. The number of nitrogens with two attached hydrogens (primary N) is 1. The molecule has 6 rings (SSSR count). The van der Waals surface area contributed by atoms with Crippen LogP contribution in [-0.2, 0) is 6.42 Å². The van der Waals surface area contributed by atoms with Crippen LogP contribution in [0.3, 0.4) is 0 Å². The van der Waals surface area contributed by atoms with Gasteiger partial charge < -0.3 is 5.73 Å². The van der Waals surface area contributed by atoms with Crippen molar-refractivity contribution >= 4 is 0 Å². The Morgan fingerprint density at radius 2 is 1.62 bits per heavy atom. The van der Waals surface area contributed by atoms with E-state index in [-0.39, 0.29) is 0 Å². The van der Waals surface area contributed by atoms with E-state index in [1.54, 1.807) is 17.5 Å². The second-order valence-electron chi connectivity index (χ2n) is 8.51. The van der Waals surface area contributed by atoms with E-state index in [0.717, 1.165) is 35.5 Å². The average Bonchev–Trinajstić information content (AvgIpc) is 2.43. The van der Waals surface area contributed by atoms with Crippen molar-refractivity contribution in [2.75, 3.05) is 0 Å². The maximum atomic E-state index is 6.77. The van der Waals surface area contributed by atoms with Crippen molar-refractivity contribution in [3.63, 3.8) is 0 Å². The number of rotatable bonds is 3. The van der Waals surface area contributed by atoms with Crippen LogP contribution in [0.4, 0.5) is 0 Å². The Bertz CT molecular complexity index is 521. The van der Waals surface area contributed by atoms with Crippen LogP contribution >= 0.6 is 0 Å². The first-order valence-electron chi connectivity index (χ1n) is 9.11. The third kappa shape index (κ3) is 1.93. The number of benzene rings is 1. The van der Waals surface area contributed by atoms with Crippen LogP contribution in [0.25, 0.3) is 0 Å². The van der Waals surface area contributed by atoms with Crippen molar-refractivity contribution in [3.05, 3.63) is 35.4 Å². The molecule has 0 spiro atoms. The fourth-order valence-electron chi connectivity index (χ4n) is 6.73. The normalized spacial score (nSPS) is 44.2. The van der Waals surface area contributed by atoms with Crippen LogP contribution in [0.1, 0.15) is 55.6 Å². The number of hydrogen-bond acceptors (Lipinski definition) is 1. The summed E-state index contributed by atoms with van der Waals surface area (Å²) in [6.07, 6.45) is 10.1. The summed E-state index contributed by atoms with van der Waals surface area (Å²) in [6.45, 7) is 0. The summed E-state index contributed by atoms with van der Waals surface area (Å²) in [5.74, 6) is 5.71. The molecule has 112 valence electrons. The zero-order chi connectivity index (χ0) is 14.0. The van der Waals surface area contributed by atoms with E-state index in [4.69, 9.17) is 5.73 Å². The largest absolute Gasteiger partial charge is 0.327 e. The molecule has 21 heavy (non-hydrogen) atoms. The molecule has 5 aliphatic rings. The summed E-state index contributed by atoms with van der Waals surface area (Å²) in [7, 11) is 0. The SMILES string of the molecule is NC(CC1Cc2ccccc21)C1C2CC3CC(C2)CC1C3. The predicted octanol–water partition coefficient (Wildman–Crippen LogP) is 4.12. The third-order valence-electron chi connectivity index (χ3n) is 7.31. The van der Waals surface area contributed by atoms with Crippen LogP contribution < -0.4 is 5.73 Å². The van der Waals surface area contributed by atoms with Gasteiger partial charge in [-0.1, -0.05) is 24.3 Å². The lowest BCUT2D eigenvalue weighted by molar-refractivity contribution is -0.0485. The highest BCUT2D eigenvalue weighted by atomic mass is 14.7. The van der Waals surface area contributed by atoms with E-state index >= 15 is 0 Å². The third-order valence-corrected chi connectivity index (χ3v) is 7.31. The topological polar surface area (TPSA) is 26.0 Å². The molecular formula is C20H27N. The van der Waals surface area contributed by atoms with Gasteiger partial charge in [0.1, 0.15) is 0 Å². The molecule has 0 aliphatic heterocycles. The van der Waals surface area contributed by atoms with E-state index in [1.165, 1.54) is 38.5 Å². The summed E-state index contributed by atoms with van der Waals surface area (Å²) in [4.78, 5) is 0. The first-order chi connectivity index (χ1) is 10.3. The Kier molecular flexibility index (Phi) is 2.77. The second kappa shape index (κ2) is 4.59. The van der Waals surface area contributed by atoms with Crippen LogP contribution in [0.15, 0.2) is 24.3 Å². The summed E-state index contributed by atoms with van der Waals surface area (Å²) >= 11 is 0. The molecule has 1 aromatic carbocycles.